The van der Waals surface area contributed by atoms with Crippen LogP contribution in [0.1, 0.15) is 65.5 Å². The Labute approximate surface area is 215 Å². The number of nitrogens with zero attached hydrogens (tertiary/aromatic N) is 1. The third-order valence-corrected chi connectivity index (χ3v) is 5.55. The molecule has 4 rings (SSSR count). The van der Waals surface area contributed by atoms with Gasteiger partial charge in [-0.25, -0.2) is 0 Å². The van der Waals surface area contributed by atoms with Crippen molar-refractivity contribution >= 4 is 0 Å². The first-order valence-corrected chi connectivity index (χ1v) is 11.3. The zero-order valence-electron chi connectivity index (χ0n) is 20.5. The van der Waals surface area contributed by atoms with Crippen molar-refractivity contribution in [3.8, 4) is 22.5 Å². The van der Waals surface area contributed by atoms with Crippen molar-refractivity contribution < 1.29 is 32.2 Å². The fourth-order valence-electron chi connectivity index (χ4n) is 3.38. The third-order valence-electron chi connectivity index (χ3n) is 5.55. The van der Waals surface area contributed by atoms with E-state index in [1.807, 2.05) is 12.1 Å². The average molecular weight is 626 g/mol. The number of benzene rings is 2. The van der Waals surface area contributed by atoms with E-state index in [2.05, 4.69) is 101 Å². The molecule has 1 atom stereocenters. The first-order chi connectivity index (χ1) is 15.0. The number of hydrogen-bond acceptors (Lipinski definition) is 3. The standard InChI is InChI=1S/C25H27N.C4H7O2.Au/c1-24(2,3)20-14-10-18(11-15-20)22-8-7-9-23(26-22)19-12-16-21(17-13-19)25(4,5)6;5-4-2-1-3-6-4;/h7-10,12,14-17H,1-6H3;4H,1-3H2;/q-2;-1;+3. The van der Waals surface area contributed by atoms with Crippen molar-refractivity contribution in [3.63, 3.8) is 0 Å². The van der Waals surface area contributed by atoms with Gasteiger partial charge in [-0.2, -0.15) is 0 Å². The first-order valence-electron chi connectivity index (χ1n) is 11.3. The van der Waals surface area contributed by atoms with Crippen LogP contribution in [0.2, 0.25) is 0 Å². The molecule has 1 aliphatic heterocycles. The average Bonchev–Trinajstić information content (AvgIpc) is 3.24. The molecule has 0 spiro atoms. The van der Waals surface area contributed by atoms with Gasteiger partial charge in [0.25, 0.3) is 0 Å². The summed E-state index contributed by atoms with van der Waals surface area (Å²) in [6.07, 6.45) is 0.957. The normalized spacial score (nSPS) is 15.9. The molecule has 1 saturated heterocycles. The molecule has 3 nitrogen and oxygen atoms in total. The Morgan fingerprint density at radius 3 is 1.58 bits per heavy atom. The quantitative estimate of drug-likeness (QED) is 0.256. The van der Waals surface area contributed by atoms with E-state index in [0.717, 1.165) is 28.9 Å². The molecule has 0 amide bonds. The van der Waals surface area contributed by atoms with Crippen LogP contribution in [0.5, 0.6) is 0 Å². The zero-order valence-corrected chi connectivity index (χ0v) is 22.6. The molecule has 3 aromatic rings. The van der Waals surface area contributed by atoms with Gasteiger partial charge < -0.3 is 14.8 Å². The van der Waals surface area contributed by atoms with Crippen LogP contribution in [-0.2, 0) is 37.9 Å². The number of rotatable bonds is 2. The number of hydrogen-bond donors (Lipinski definition) is 0. The second-order valence-corrected chi connectivity index (χ2v) is 10.3. The van der Waals surface area contributed by atoms with Crippen molar-refractivity contribution in [1.29, 1.82) is 0 Å². The van der Waals surface area contributed by atoms with Gasteiger partial charge in [-0.05, 0) is 41.3 Å². The molecule has 33 heavy (non-hydrogen) atoms. The number of aromatic nitrogens is 1. The van der Waals surface area contributed by atoms with Crippen molar-refractivity contribution in [2.24, 2.45) is 0 Å². The minimum atomic E-state index is -0.704. The molecule has 178 valence electrons. The SMILES string of the molecule is CC(C)(C)c1c[c-]c(-c2cccc(-c3[c-]cc(C(C)(C)C)cc3)n2)cc1.[Au+3].[O-]C1CCCO1. The van der Waals surface area contributed by atoms with Crippen LogP contribution >= 0.6 is 0 Å². The van der Waals surface area contributed by atoms with Crippen LogP contribution in [-0.4, -0.2) is 17.9 Å². The molecule has 1 aromatic heterocycles. The van der Waals surface area contributed by atoms with E-state index in [4.69, 9.17) is 4.98 Å². The minimum Gasteiger partial charge on any atom is -0.831 e. The summed E-state index contributed by atoms with van der Waals surface area (Å²) in [4.78, 5) is 4.83. The topological polar surface area (TPSA) is 45.2 Å². The Balaban J connectivity index is 0.000000479. The first kappa shape index (κ1) is 27.5. The Morgan fingerprint density at radius 2 is 1.30 bits per heavy atom. The van der Waals surface area contributed by atoms with Gasteiger partial charge in [0.15, 0.2) is 0 Å². The second-order valence-electron chi connectivity index (χ2n) is 10.3. The molecule has 0 aliphatic carbocycles. The van der Waals surface area contributed by atoms with Crippen LogP contribution in [0.4, 0.5) is 0 Å². The Hall–Kier alpha value is -1.75. The van der Waals surface area contributed by atoms with E-state index in [9.17, 15) is 5.11 Å². The predicted molar refractivity (Wildman–Crippen MR) is 129 cm³/mol. The summed E-state index contributed by atoms with van der Waals surface area (Å²) in [5.74, 6) is 0. The van der Waals surface area contributed by atoms with E-state index in [1.54, 1.807) is 0 Å². The predicted octanol–water partition coefficient (Wildman–Crippen LogP) is 6.09. The van der Waals surface area contributed by atoms with Gasteiger partial charge in [0.1, 0.15) is 0 Å². The van der Waals surface area contributed by atoms with Crippen LogP contribution in [0.3, 0.4) is 0 Å². The van der Waals surface area contributed by atoms with Gasteiger partial charge in [-0.3, -0.25) is 0 Å². The zero-order chi connectivity index (χ0) is 23.4. The Morgan fingerprint density at radius 1 is 0.818 bits per heavy atom. The Kier molecular flexibility index (Phi) is 9.66. The van der Waals surface area contributed by atoms with Gasteiger partial charge in [-0.15, -0.1) is 70.8 Å². The summed E-state index contributed by atoms with van der Waals surface area (Å²) in [6.45, 7) is 14.0. The molecule has 2 aromatic carbocycles. The molecule has 0 bridgehead atoms. The maximum absolute atomic E-state index is 10.1. The summed E-state index contributed by atoms with van der Waals surface area (Å²) in [6, 6.07) is 25.6. The maximum atomic E-state index is 10.1. The molecule has 0 saturated carbocycles. The molecule has 1 fully saturated rings. The maximum Gasteiger partial charge on any atom is 3.00 e. The summed E-state index contributed by atoms with van der Waals surface area (Å²) in [5, 5.41) is 10.1. The molecule has 0 N–H and O–H groups in total. The van der Waals surface area contributed by atoms with E-state index >= 15 is 0 Å². The molecule has 4 heteroatoms. The minimum absolute atomic E-state index is 0. The van der Waals surface area contributed by atoms with Crippen LogP contribution in [0, 0.1) is 12.1 Å². The number of ether oxygens (including phenoxy) is 1. The van der Waals surface area contributed by atoms with Crippen LogP contribution < -0.4 is 5.11 Å². The molecular formula is C29H34AuNO2. The second kappa shape index (κ2) is 11.6. The van der Waals surface area contributed by atoms with Crippen molar-refractivity contribution in [2.75, 3.05) is 6.61 Å². The summed E-state index contributed by atoms with van der Waals surface area (Å²) >= 11 is 0. The van der Waals surface area contributed by atoms with Crippen molar-refractivity contribution in [3.05, 3.63) is 77.9 Å². The fraction of sp³-hybridized carbons (Fsp3) is 0.414. The van der Waals surface area contributed by atoms with E-state index in [0.29, 0.717) is 13.0 Å². The van der Waals surface area contributed by atoms with Gasteiger partial charge in [0.05, 0.1) is 0 Å². The molecule has 1 unspecified atom stereocenters. The van der Waals surface area contributed by atoms with Gasteiger partial charge >= 0.3 is 22.4 Å². The van der Waals surface area contributed by atoms with E-state index in [-0.39, 0.29) is 33.2 Å². The summed E-state index contributed by atoms with van der Waals surface area (Å²) < 4.78 is 4.60. The fourth-order valence-corrected chi connectivity index (χ4v) is 3.38. The van der Waals surface area contributed by atoms with Crippen molar-refractivity contribution in [1.82, 2.24) is 4.98 Å². The number of pyridine rings is 1. The summed E-state index contributed by atoms with van der Waals surface area (Å²) in [5.41, 5.74) is 6.75. The van der Waals surface area contributed by atoms with E-state index in [1.165, 1.54) is 11.1 Å². The molecule has 0 radical (unpaired) electrons. The van der Waals surface area contributed by atoms with Gasteiger partial charge in [0, 0.05) is 6.61 Å². The Bertz CT molecular complexity index is 921. The molecule has 2 heterocycles. The van der Waals surface area contributed by atoms with Gasteiger partial charge in [0.2, 0.25) is 0 Å². The smallest absolute Gasteiger partial charge is 0.831 e. The van der Waals surface area contributed by atoms with Crippen LogP contribution in [0.25, 0.3) is 22.5 Å². The van der Waals surface area contributed by atoms with Gasteiger partial charge in [-0.1, -0.05) is 59.7 Å². The molecular weight excluding hydrogens is 591 g/mol. The monoisotopic (exact) mass is 625 g/mol. The molecule has 1 aliphatic rings. The van der Waals surface area contributed by atoms with E-state index < -0.39 is 6.29 Å². The summed E-state index contributed by atoms with van der Waals surface area (Å²) in [7, 11) is 0. The third kappa shape index (κ3) is 7.91. The largest absolute Gasteiger partial charge is 3.00 e. The van der Waals surface area contributed by atoms with Crippen molar-refractivity contribution in [2.45, 2.75) is 71.5 Å². The van der Waals surface area contributed by atoms with Crippen LogP contribution in [0.15, 0.2) is 54.6 Å².